The van der Waals surface area contributed by atoms with Crippen molar-refractivity contribution in [1.29, 1.82) is 0 Å². The summed E-state index contributed by atoms with van der Waals surface area (Å²) in [5, 5.41) is 10.4. The maximum atomic E-state index is 13.2. The van der Waals surface area contributed by atoms with E-state index in [1.54, 1.807) is 4.68 Å². The normalized spacial score (nSPS) is 14.9. The number of carbonyl (C=O) groups excluding carboxylic acids is 1. The van der Waals surface area contributed by atoms with Crippen molar-refractivity contribution >= 4 is 39.7 Å². The summed E-state index contributed by atoms with van der Waals surface area (Å²) in [5.41, 5.74) is 4.05. The van der Waals surface area contributed by atoms with Gasteiger partial charge in [-0.3, -0.25) is 4.79 Å². The minimum atomic E-state index is -0.194. The molecule has 7 heteroatoms. The molecule has 0 aliphatic carbocycles. The van der Waals surface area contributed by atoms with E-state index in [1.165, 1.54) is 5.69 Å². The zero-order valence-electron chi connectivity index (χ0n) is 19.5. The Labute approximate surface area is 204 Å². The molecule has 0 atom stereocenters. The Morgan fingerprint density at radius 1 is 0.882 bits per heavy atom. The average Bonchev–Trinajstić information content (AvgIpc) is 3.10. The number of fused-ring (bicyclic) bond motifs is 1. The van der Waals surface area contributed by atoms with Gasteiger partial charge in [-0.1, -0.05) is 23.7 Å². The van der Waals surface area contributed by atoms with Crippen molar-refractivity contribution in [1.82, 2.24) is 14.7 Å². The molecule has 174 valence electrons. The number of rotatable bonds is 4. The van der Waals surface area contributed by atoms with E-state index < -0.39 is 0 Å². The maximum absolute atomic E-state index is 13.2. The molecule has 1 aliphatic heterocycles. The number of likely N-dealkylation sites (N-methyl/N-ethyl adjacent to an activating group) is 1. The third-order valence-corrected chi connectivity index (χ3v) is 6.54. The first-order valence-electron chi connectivity index (χ1n) is 11.6. The zero-order chi connectivity index (χ0) is 23.7. The van der Waals surface area contributed by atoms with Crippen LogP contribution in [0.2, 0.25) is 5.02 Å². The van der Waals surface area contributed by atoms with Gasteiger partial charge in [-0.15, -0.1) is 0 Å². The zero-order valence-corrected chi connectivity index (χ0v) is 20.2. The van der Waals surface area contributed by atoms with E-state index in [-0.39, 0.29) is 5.91 Å². The predicted octanol–water partition coefficient (Wildman–Crippen LogP) is 5.38. The van der Waals surface area contributed by atoms with Crippen LogP contribution in [0.25, 0.3) is 16.5 Å². The number of anilines is 2. The molecular weight excluding hydrogens is 446 g/mol. The molecule has 1 aliphatic rings. The number of aryl methyl sites for hydroxylation is 1. The molecule has 34 heavy (non-hydrogen) atoms. The molecule has 0 unspecified atom stereocenters. The Balaban J connectivity index is 1.35. The molecule has 1 saturated heterocycles. The highest BCUT2D eigenvalue weighted by Crippen LogP contribution is 2.24. The summed E-state index contributed by atoms with van der Waals surface area (Å²) in [6.45, 7) is 6.14. The van der Waals surface area contributed by atoms with Gasteiger partial charge >= 0.3 is 0 Å². The highest BCUT2D eigenvalue weighted by molar-refractivity contribution is 6.31. The standard InChI is InChI=1S/C27H28ClN5O/c1-19-16-26(33(30-19)25-9-5-20-17-22(28)6-4-21(20)18-25)27(34)29-23-7-10-24(11-8-23)32-13-3-12-31(2)14-15-32/h4-11,16-18H,3,12-15H2,1-2H3,(H,29,34). The molecule has 3 aromatic carbocycles. The van der Waals surface area contributed by atoms with Gasteiger partial charge in [-0.25, -0.2) is 4.68 Å². The second kappa shape index (κ2) is 9.49. The molecule has 1 amide bonds. The molecule has 1 N–H and O–H groups in total. The molecular formula is C27H28ClN5O. The topological polar surface area (TPSA) is 53.4 Å². The van der Waals surface area contributed by atoms with Crippen molar-refractivity contribution in [3.05, 3.63) is 83.1 Å². The Morgan fingerprint density at radius 3 is 2.44 bits per heavy atom. The first-order chi connectivity index (χ1) is 16.5. The smallest absolute Gasteiger partial charge is 0.274 e. The number of nitrogens with one attached hydrogen (secondary N) is 1. The van der Waals surface area contributed by atoms with Crippen LogP contribution in [0.5, 0.6) is 0 Å². The number of hydrogen-bond acceptors (Lipinski definition) is 4. The van der Waals surface area contributed by atoms with Crippen LogP contribution in [0.4, 0.5) is 11.4 Å². The summed E-state index contributed by atoms with van der Waals surface area (Å²) < 4.78 is 1.70. The third kappa shape index (κ3) is 4.79. The lowest BCUT2D eigenvalue weighted by molar-refractivity contribution is 0.101. The molecule has 4 aromatic rings. The lowest BCUT2D eigenvalue weighted by Crippen LogP contribution is -2.28. The van der Waals surface area contributed by atoms with Crippen LogP contribution in [0.3, 0.4) is 0 Å². The molecule has 2 heterocycles. The van der Waals surface area contributed by atoms with Crippen molar-refractivity contribution in [2.75, 3.05) is 43.4 Å². The molecule has 1 aromatic heterocycles. The van der Waals surface area contributed by atoms with Crippen LogP contribution >= 0.6 is 11.6 Å². The maximum Gasteiger partial charge on any atom is 0.274 e. The van der Waals surface area contributed by atoms with Crippen molar-refractivity contribution < 1.29 is 4.79 Å². The number of carbonyl (C=O) groups is 1. The van der Waals surface area contributed by atoms with Gasteiger partial charge in [0.15, 0.2) is 0 Å². The van der Waals surface area contributed by atoms with Crippen LogP contribution in [0.1, 0.15) is 22.6 Å². The SMILES string of the molecule is Cc1cc(C(=O)Nc2ccc(N3CCCN(C)CC3)cc2)n(-c2ccc3cc(Cl)ccc3c2)n1. The fourth-order valence-electron chi connectivity index (χ4n) is 4.45. The van der Waals surface area contributed by atoms with Gasteiger partial charge in [0.1, 0.15) is 5.69 Å². The van der Waals surface area contributed by atoms with Crippen LogP contribution in [-0.4, -0.2) is 53.8 Å². The number of hydrogen-bond donors (Lipinski definition) is 1. The second-order valence-corrected chi connectivity index (χ2v) is 9.34. The van der Waals surface area contributed by atoms with Crippen molar-refractivity contribution in [3.8, 4) is 5.69 Å². The lowest BCUT2D eigenvalue weighted by atomic mass is 10.1. The molecule has 6 nitrogen and oxygen atoms in total. The fourth-order valence-corrected chi connectivity index (χ4v) is 4.63. The molecule has 1 fully saturated rings. The summed E-state index contributed by atoms with van der Waals surface area (Å²) in [5.74, 6) is -0.194. The van der Waals surface area contributed by atoms with Crippen molar-refractivity contribution in [2.45, 2.75) is 13.3 Å². The van der Waals surface area contributed by atoms with Gasteiger partial charge in [0.25, 0.3) is 5.91 Å². The van der Waals surface area contributed by atoms with Crippen LogP contribution in [0, 0.1) is 6.92 Å². The number of aromatic nitrogens is 2. The molecule has 0 radical (unpaired) electrons. The van der Waals surface area contributed by atoms with E-state index in [9.17, 15) is 4.79 Å². The van der Waals surface area contributed by atoms with Crippen LogP contribution in [0.15, 0.2) is 66.7 Å². The Bertz CT molecular complexity index is 1330. The minimum absolute atomic E-state index is 0.194. The number of nitrogens with zero attached hydrogens (tertiary/aromatic N) is 4. The van der Waals surface area contributed by atoms with E-state index in [2.05, 4.69) is 39.4 Å². The second-order valence-electron chi connectivity index (χ2n) is 8.90. The largest absolute Gasteiger partial charge is 0.370 e. The van der Waals surface area contributed by atoms with E-state index in [1.807, 2.05) is 61.5 Å². The third-order valence-electron chi connectivity index (χ3n) is 6.30. The molecule has 0 saturated carbocycles. The summed E-state index contributed by atoms with van der Waals surface area (Å²) in [6.07, 6.45) is 1.15. The van der Waals surface area contributed by atoms with Crippen LogP contribution in [-0.2, 0) is 0 Å². The number of halogens is 1. The van der Waals surface area contributed by atoms with E-state index >= 15 is 0 Å². The monoisotopic (exact) mass is 473 g/mol. The Hall–Kier alpha value is -3.35. The van der Waals surface area contributed by atoms with Crippen molar-refractivity contribution in [2.24, 2.45) is 0 Å². The highest BCUT2D eigenvalue weighted by atomic mass is 35.5. The van der Waals surface area contributed by atoms with E-state index in [0.29, 0.717) is 10.7 Å². The van der Waals surface area contributed by atoms with Gasteiger partial charge in [0.2, 0.25) is 0 Å². The minimum Gasteiger partial charge on any atom is -0.370 e. The van der Waals surface area contributed by atoms with Gasteiger partial charge in [-0.05, 0) is 92.3 Å². The van der Waals surface area contributed by atoms with Gasteiger partial charge in [0.05, 0.1) is 11.4 Å². The summed E-state index contributed by atoms with van der Waals surface area (Å²) in [4.78, 5) is 18.0. The van der Waals surface area contributed by atoms with E-state index in [4.69, 9.17) is 11.6 Å². The quantitative estimate of drug-likeness (QED) is 0.432. The summed E-state index contributed by atoms with van der Waals surface area (Å²) >= 11 is 6.11. The lowest BCUT2D eigenvalue weighted by Gasteiger charge is -2.23. The van der Waals surface area contributed by atoms with E-state index in [0.717, 1.165) is 60.4 Å². The summed E-state index contributed by atoms with van der Waals surface area (Å²) in [6, 6.07) is 21.6. The van der Waals surface area contributed by atoms with Crippen molar-refractivity contribution in [3.63, 3.8) is 0 Å². The predicted molar refractivity (Wildman–Crippen MR) is 140 cm³/mol. The Kier molecular flexibility index (Phi) is 6.26. The first kappa shape index (κ1) is 22.4. The first-order valence-corrected chi connectivity index (χ1v) is 12.0. The highest BCUT2D eigenvalue weighted by Gasteiger charge is 2.17. The van der Waals surface area contributed by atoms with Gasteiger partial charge < -0.3 is 15.1 Å². The molecule has 0 spiro atoms. The number of benzene rings is 3. The van der Waals surface area contributed by atoms with Gasteiger partial charge in [0, 0.05) is 36.0 Å². The summed E-state index contributed by atoms with van der Waals surface area (Å²) in [7, 11) is 2.17. The Morgan fingerprint density at radius 2 is 1.62 bits per heavy atom. The average molecular weight is 474 g/mol. The van der Waals surface area contributed by atoms with Gasteiger partial charge in [-0.2, -0.15) is 5.10 Å². The number of amides is 1. The molecule has 5 rings (SSSR count). The van der Waals surface area contributed by atoms with Crippen LogP contribution < -0.4 is 10.2 Å². The fraction of sp³-hybridized carbons (Fsp3) is 0.259. The molecule has 0 bridgehead atoms.